The van der Waals surface area contributed by atoms with Crippen LogP contribution in [-0.2, 0) is 0 Å². The van der Waals surface area contributed by atoms with Gasteiger partial charge in [-0.1, -0.05) is 22.9 Å². The fourth-order valence-corrected chi connectivity index (χ4v) is 2.46. The van der Waals surface area contributed by atoms with E-state index in [-0.39, 0.29) is 0 Å². The SMILES string of the molecule is CC(CCBr)CCOc1ccc2c(c1)OCO2. The number of ether oxygens (including phenoxy) is 3. The molecule has 3 nitrogen and oxygen atoms in total. The summed E-state index contributed by atoms with van der Waals surface area (Å²) in [5.41, 5.74) is 0. The van der Waals surface area contributed by atoms with E-state index in [1.807, 2.05) is 18.2 Å². The van der Waals surface area contributed by atoms with Gasteiger partial charge in [-0.3, -0.25) is 0 Å². The van der Waals surface area contributed by atoms with Gasteiger partial charge in [-0.2, -0.15) is 0 Å². The molecule has 1 aliphatic rings. The fraction of sp³-hybridized carbons (Fsp3) is 0.538. The first-order valence-electron chi connectivity index (χ1n) is 5.88. The fourth-order valence-electron chi connectivity index (χ4n) is 1.68. The van der Waals surface area contributed by atoms with Crippen LogP contribution < -0.4 is 14.2 Å². The third-order valence-electron chi connectivity index (χ3n) is 2.83. The number of hydrogen-bond acceptors (Lipinski definition) is 3. The third-order valence-corrected chi connectivity index (χ3v) is 3.28. The number of benzene rings is 1. The molecule has 2 rings (SSSR count). The summed E-state index contributed by atoms with van der Waals surface area (Å²) in [6.07, 6.45) is 2.25. The maximum absolute atomic E-state index is 5.70. The van der Waals surface area contributed by atoms with Crippen LogP contribution in [0.1, 0.15) is 19.8 Å². The lowest BCUT2D eigenvalue weighted by Crippen LogP contribution is -2.04. The molecule has 1 unspecified atom stereocenters. The van der Waals surface area contributed by atoms with E-state index in [0.717, 1.165) is 35.6 Å². The average Bonchev–Trinajstić information content (AvgIpc) is 2.76. The molecule has 0 spiro atoms. The van der Waals surface area contributed by atoms with E-state index in [1.54, 1.807) is 0 Å². The van der Waals surface area contributed by atoms with Crippen LogP contribution in [0.2, 0.25) is 0 Å². The smallest absolute Gasteiger partial charge is 0.231 e. The number of rotatable bonds is 6. The zero-order valence-electron chi connectivity index (χ0n) is 9.95. The van der Waals surface area contributed by atoms with Crippen LogP contribution in [0.4, 0.5) is 0 Å². The minimum atomic E-state index is 0.307. The topological polar surface area (TPSA) is 27.7 Å². The highest BCUT2D eigenvalue weighted by atomic mass is 79.9. The van der Waals surface area contributed by atoms with Crippen molar-refractivity contribution in [2.45, 2.75) is 19.8 Å². The van der Waals surface area contributed by atoms with Crippen LogP contribution in [0.15, 0.2) is 18.2 Å². The molecule has 1 aromatic carbocycles. The standard InChI is InChI=1S/C13H17BrO3/c1-10(4-6-14)5-7-15-11-2-3-12-13(8-11)17-9-16-12/h2-3,8,10H,4-7,9H2,1H3. The Morgan fingerprint density at radius 1 is 1.29 bits per heavy atom. The Labute approximate surface area is 110 Å². The van der Waals surface area contributed by atoms with E-state index in [9.17, 15) is 0 Å². The molecule has 0 N–H and O–H groups in total. The number of halogens is 1. The van der Waals surface area contributed by atoms with Gasteiger partial charge in [-0.25, -0.2) is 0 Å². The molecule has 4 heteroatoms. The minimum Gasteiger partial charge on any atom is -0.493 e. The van der Waals surface area contributed by atoms with Crippen molar-refractivity contribution in [3.8, 4) is 17.2 Å². The van der Waals surface area contributed by atoms with Gasteiger partial charge in [0.05, 0.1) is 6.61 Å². The molecule has 0 bridgehead atoms. The molecule has 0 radical (unpaired) electrons. The van der Waals surface area contributed by atoms with Crippen LogP contribution in [0, 0.1) is 5.92 Å². The summed E-state index contributed by atoms with van der Waals surface area (Å²) in [5, 5.41) is 1.05. The van der Waals surface area contributed by atoms with E-state index in [0.29, 0.717) is 12.7 Å². The molecular formula is C13H17BrO3. The lowest BCUT2D eigenvalue weighted by molar-refractivity contribution is 0.173. The zero-order valence-corrected chi connectivity index (χ0v) is 11.5. The largest absolute Gasteiger partial charge is 0.493 e. The van der Waals surface area contributed by atoms with Crippen molar-refractivity contribution in [3.63, 3.8) is 0 Å². The lowest BCUT2D eigenvalue weighted by Gasteiger charge is -2.11. The summed E-state index contributed by atoms with van der Waals surface area (Å²) >= 11 is 3.45. The molecular weight excluding hydrogens is 284 g/mol. The molecule has 0 aromatic heterocycles. The second-order valence-corrected chi connectivity index (χ2v) is 5.03. The Hall–Kier alpha value is -0.900. The highest BCUT2D eigenvalue weighted by molar-refractivity contribution is 9.09. The van der Waals surface area contributed by atoms with Crippen molar-refractivity contribution in [1.29, 1.82) is 0 Å². The summed E-state index contributed by atoms with van der Waals surface area (Å²) in [5.74, 6) is 3.10. The van der Waals surface area contributed by atoms with E-state index < -0.39 is 0 Å². The van der Waals surface area contributed by atoms with Crippen molar-refractivity contribution in [3.05, 3.63) is 18.2 Å². The average molecular weight is 301 g/mol. The van der Waals surface area contributed by atoms with Crippen molar-refractivity contribution >= 4 is 15.9 Å². The molecule has 17 heavy (non-hydrogen) atoms. The maximum atomic E-state index is 5.70. The van der Waals surface area contributed by atoms with Gasteiger partial charge in [-0.15, -0.1) is 0 Å². The normalized spacial score (nSPS) is 14.7. The molecule has 0 aliphatic carbocycles. The van der Waals surface area contributed by atoms with Gasteiger partial charge in [-0.05, 0) is 30.9 Å². The monoisotopic (exact) mass is 300 g/mol. The van der Waals surface area contributed by atoms with E-state index in [4.69, 9.17) is 14.2 Å². The molecule has 0 amide bonds. The van der Waals surface area contributed by atoms with Crippen molar-refractivity contribution < 1.29 is 14.2 Å². The molecule has 1 aliphatic heterocycles. The summed E-state index contributed by atoms with van der Waals surface area (Å²) in [6, 6.07) is 5.69. The van der Waals surface area contributed by atoms with Gasteiger partial charge in [0, 0.05) is 11.4 Å². The van der Waals surface area contributed by atoms with Crippen LogP contribution in [-0.4, -0.2) is 18.7 Å². The van der Waals surface area contributed by atoms with E-state index >= 15 is 0 Å². The lowest BCUT2D eigenvalue weighted by atomic mass is 10.1. The van der Waals surface area contributed by atoms with Gasteiger partial charge < -0.3 is 14.2 Å². The van der Waals surface area contributed by atoms with Gasteiger partial charge >= 0.3 is 0 Å². The Balaban J connectivity index is 1.79. The number of fused-ring (bicyclic) bond motifs is 1. The number of alkyl halides is 1. The first-order valence-corrected chi connectivity index (χ1v) is 7.00. The Morgan fingerprint density at radius 2 is 2.12 bits per heavy atom. The predicted octanol–water partition coefficient (Wildman–Crippen LogP) is 3.61. The predicted molar refractivity (Wildman–Crippen MR) is 70.3 cm³/mol. The number of hydrogen-bond donors (Lipinski definition) is 0. The molecule has 0 saturated heterocycles. The van der Waals surface area contributed by atoms with Crippen LogP contribution in [0.3, 0.4) is 0 Å². The Kier molecular flexibility index (Phi) is 4.54. The second-order valence-electron chi connectivity index (χ2n) is 4.24. The molecule has 0 saturated carbocycles. The minimum absolute atomic E-state index is 0.307. The van der Waals surface area contributed by atoms with Crippen LogP contribution in [0.5, 0.6) is 17.2 Å². The summed E-state index contributed by atoms with van der Waals surface area (Å²) in [6.45, 7) is 3.29. The molecule has 1 atom stereocenters. The van der Waals surface area contributed by atoms with Crippen LogP contribution >= 0.6 is 15.9 Å². The summed E-state index contributed by atoms with van der Waals surface area (Å²) < 4.78 is 16.2. The van der Waals surface area contributed by atoms with Gasteiger partial charge in [0.1, 0.15) is 5.75 Å². The van der Waals surface area contributed by atoms with Gasteiger partial charge in [0.25, 0.3) is 0 Å². The summed E-state index contributed by atoms with van der Waals surface area (Å²) in [7, 11) is 0. The van der Waals surface area contributed by atoms with Crippen molar-refractivity contribution in [2.75, 3.05) is 18.7 Å². The van der Waals surface area contributed by atoms with Crippen molar-refractivity contribution in [1.82, 2.24) is 0 Å². The van der Waals surface area contributed by atoms with Gasteiger partial charge in [0.2, 0.25) is 6.79 Å². The third kappa shape index (κ3) is 3.53. The first-order chi connectivity index (χ1) is 8.29. The van der Waals surface area contributed by atoms with Crippen molar-refractivity contribution in [2.24, 2.45) is 5.92 Å². The van der Waals surface area contributed by atoms with Crippen LogP contribution in [0.25, 0.3) is 0 Å². The molecule has 94 valence electrons. The van der Waals surface area contributed by atoms with E-state index in [1.165, 1.54) is 6.42 Å². The first kappa shape index (κ1) is 12.6. The molecule has 0 fully saturated rings. The Morgan fingerprint density at radius 3 is 2.94 bits per heavy atom. The van der Waals surface area contributed by atoms with Gasteiger partial charge in [0.15, 0.2) is 11.5 Å². The highest BCUT2D eigenvalue weighted by Gasteiger charge is 2.13. The molecule has 1 aromatic rings. The Bertz CT molecular complexity index is 368. The van der Waals surface area contributed by atoms with E-state index in [2.05, 4.69) is 22.9 Å². The second kappa shape index (κ2) is 6.15. The quantitative estimate of drug-likeness (QED) is 0.751. The zero-order chi connectivity index (χ0) is 12.1. The summed E-state index contributed by atoms with van der Waals surface area (Å²) in [4.78, 5) is 0. The maximum Gasteiger partial charge on any atom is 0.231 e. The highest BCUT2D eigenvalue weighted by Crippen LogP contribution is 2.35. The molecule has 1 heterocycles.